The second kappa shape index (κ2) is 5.12. The first-order chi connectivity index (χ1) is 7.85. The molecule has 0 unspecified atom stereocenters. The molecule has 2 nitrogen and oxygen atoms in total. The number of hydrogen-bond donors (Lipinski definition) is 0. The quantitative estimate of drug-likeness (QED) is 0.799. The normalized spacial score (nSPS) is 10.1. The lowest BCUT2D eigenvalue weighted by Crippen LogP contribution is -1.94. The maximum atomic E-state index is 5.32. The zero-order chi connectivity index (χ0) is 11.4. The topological polar surface area (TPSA) is 22.1 Å². The smallest absolute Gasteiger partial charge is 0.145 e. The highest BCUT2D eigenvalue weighted by Crippen LogP contribution is 2.28. The van der Waals surface area contributed by atoms with E-state index >= 15 is 0 Å². The molecule has 0 aliphatic rings. The summed E-state index contributed by atoms with van der Waals surface area (Å²) in [4.78, 5) is 4.56. The monoisotopic (exact) mass is 277 g/mol. The van der Waals surface area contributed by atoms with Crippen LogP contribution in [0.15, 0.2) is 42.5 Å². The van der Waals surface area contributed by atoms with Gasteiger partial charge in [-0.25, -0.2) is 4.98 Å². The molecule has 82 valence electrons. The summed E-state index contributed by atoms with van der Waals surface area (Å²) in [5, 5.41) is 0.747. The summed E-state index contributed by atoms with van der Waals surface area (Å²) in [6, 6.07) is 14.0. The third-order valence-electron chi connectivity index (χ3n) is 2.32. The number of nitrogens with zero attached hydrogens (tertiary/aromatic N) is 1. The standard InChI is InChI=1S/C13H12BrNO/c1-16-12-8-7-11(9-14)15-13(12)10-5-3-2-4-6-10/h2-8H,9H2,1H3. The summed E-state index contributed by atoms with van der Waals surface area (Å²) in [6.45, 7) is 0. The van der Waals surface area contributed by atoms with Crippen LogP contribution in [0.4, 0.5) is 0 Å². The fraction of sp³-hybridized carbons (Fsp3) is 0.154. The Hall–Kier alpha value is -1.35. The van der Waals surface area contributed by atoms with Crippen molar-refractivity contribution in [2.24, 2.45) is 0 Å². The first kappa shape index (κ1) is 11.1. The molecule has 0 atom stereocenters. The van der Waals surface area contributed by atoms with Crippen molar-refractivity contribution in [1.82, 2.24) is 4.98 Å². The van der Waals surface area contributed by atoms with Gasteiger partial charge in [-0.15, -0.1) is 0 Å². The molecule has 2 aromatic rings. The molecular weight excluding hydrogens is 266 g/mol. The lowest BCUT2D eigenvalue weighted by atomic mass is 10.1. The second-order valence-electron chi connectivity index (χ2n) is 3.35. The van der Waals surface area contributed by atoms with E-state index in [9.17, 15) is 0 Å². The third kappa shape index (κ3) is 2.25. The maximum absolute atomic E-state index is 5.32. The molecule has 3 heteroatoms. The Bertz CT molecular complexity index is 471. The summed E-state index contributed by atoms with van der Waals surface area (Å²) in [5.41, 5.74) is 2.96. The van der Waals surface area contributed by atoms with E-state index in [0.29, 0.717) is 0 Å². The van der Waals surface area contributed by atoms with E-state index in [1.165, 1.54) is 0 Å². The van der Waals surface area contributed by atoms with Gasteiger partial charge >= 0.3 is 0 Å². The van der Waals surface area contributed by atoms with Crippen LogP contribution >= 0.6 is 15.9 Å². The van der Waals surface area contributed by atoms with Gasteiger partial charge in [-0.2, -0.15) is 0 Å². The molecule has 0 fully saturated rings. The van der Waals surface area contributed by atoms with E-state index in [2.05, 4.69) is 20.9 Å². The summed E-state index contributed by atoms with van der Waals surface area (Å²) in [6.07, 6.45) is 0. The molecule has 0 spiro atoms. The van der Waals surface area contributed by atoms with Gasteiger partial charge in [0.05, 0.1) is 12.8 Å². The summed E-state index contributed by atoms with van der Waals surface area (Å²) >= 11 is 3.41. The van der Waals surface area contributed by atoms with E-state index in [4.69, 9.17) is 4.74 Å². The Morgan fingerprint density at radius 1 is 1.12 bits per heavy atom. The van der Waals surface area contributed by atoms with Crippen molar-refractivity contribution in [3.63, 3.8) is 0 Å². The highest BCUT2D eigenvalue weighted by atomic mass is 79.9. The van der Waals surface area contributed by atoms with Crippen LogP contribution in [-0.2, 0) is 5.33 Å². The predicted octanol–water partition coefficient (Wildman–Crippen LogP) is 3.65. The van der Waals surface area contributed by atoms with E-state index in [-0.39, 0.29) is 0 Å². The van der Waals surface area contributed by atoms with Crippen molar-refractivity contribution in [3.8, 4) is 17.0 Å². The number of rotatable bonds is 3. The minimum Gasteiger partial charge on any atom is -0.494 e. The molecule has 1 heterocycles. The Kier molecular flexibility index (Phi) is 3.57. The van der Waals surface area contributed by atoms with Crippen LogP contribution in [0.5, 0.6) is 5.75 Å². The van der Waals surface area contributed by atoms with Crippen molar-refractivity contribution in [3.05, 3.63) is 48.2 Å². The SMILES string of the molecule is COc1ccc(CBr)nc1-c1ccccc1. The van der Waals surface area contributed by atoms with Gasteiger partial charge in [0.1, 0.15) is 11.4 Å². The van der Waals surface area contributed by atoms with Crippen molar-refractivity contribution in [2.45, 2.75) is 5.33 Å². The van der Waals surface area contributed by atoms with Gasteiger partial charge in [-0.1, -0.05) is 46.3 Å². The van der Waals surface area contributed by atoms with Crippen LogP contribution in [0.2, 0.25) is 0 Å². The predicted molar refractivity (Wildman–Crippen MR) is 68.9 cm³/mol. The van der Waals surface area contributed by atoms with Gasteiger partial charge < -0.3 is 4.74 Å². The minimum atomic E-state index is 0.747. The van der Waals surface area contributed by atoms with E-state index < -0.39 is 0 Å². The Labute approximate surface area is 103 Å². The fourth-order valence-electron chi connectivity index (χ4n) is 1.53. The maximum Gasteiger partial charge on any atom is 0.145 e. The van der Waals surface area contributed by atoms with Crippen LogP contribution in [-0.4, -0.2) is 12.1 Å². The minimum absolute atomic E-state index is 0.747. The van der Waals surface area contributed by atoms with Gasteiger partial charge in [0.25, 0.3) is 0 Å². The molecule has 1 aromatic heterocycles. The first-order valence-corrected chi connectivity index (χ1v) is 6.12. The van der Waals surface area contributed by atoms with E-state index in [0.717, 1.165) is 28.0 Å². The number of halogens is 1. The summed E-state index contributed by atoms with van der Waals surface area (Å²) in [7, 11) is 1.66. The lowest BCUT2D eigenvalue weighted by molar-refractivity contribution is 0.414. The van der Waals surface area contributed by atoms with Crippen LogP contribution in [0.1, 0.15) is 5.69 Å². The largest absolute Gasteiger partial charge is 0.494 e. The van der Waals surface area contributed by atoms with Gasteiger partial charge in [-0.05, 0) is 12.1 Å². The molecule has 0 aliphatic heterocycles. The first-order valence-electron chi connectivity index (χ1n) is 5.00. The second-order valence-corrected chi connectivity index (χ2v) is 3.91. The Balaban J connectivity index is 2.53. The highest BCUT2D eigenvalue weighted by Gasteiger charge is 2.07. The third-order valence-corrected chi connectivity index (χ3v) is 2.89. The average Bonchev–Trinajstić information content (AvgIpc) is 2.39. The van der Waals surface area contributed by atoms with Crippen LogP contribution in [0.3, 0.4) is 0 Å². The highest BCUT2D eigenvalue weighted by molar-refractivity contribution is 9.08. The molecule has 0 amide bonds. The molecule has 0 saturated carbocycles. The number of aromatic nitrogens is 1. The number of benzene rings is 1. The fourth-order valence-corrected chi connectivity index (χ4v) is 1.84. The molecule has 0 N–H and O–H groups in total. The summed E-state index contributed by atoms with van der Waals surface area (Å²) < 4.78 is 5.32. The number of methoxy groups -OCH3 is 1. The van der Waals surface area contributed by atoms with E-state index in [1.54, 1.807) is 7.11 Å². The molecule has 0 saturated heterocycles. The lowest BCUT2D eigenvalue weighted by Gasteiger charge is -2.08. The summed E-state index contributed by atoms with van der Waals surface area (Å²) in [5.74, 6) is 0.802. The van der Waals surface area contributed by atoms with Crippen molar-refractivity contribution in [1.29, 1.82) is 0 Å². The molecule has 16 heavy (non-hydrogen) atoms. The van der Waals surface area contributed by atoms with Crippen molar-refractivity contribution in [2.75, 3.05) is 7.11 Å². The number of hydrogen-bond acceptors (Lipinski definition) is 2. The average molecular weight is 278 g/mol. The molecule has 0 bridgehead atoms. The molecule has 0 aliphatic carbocycles. The number of pyridine rings is 1. The number of ether oxygens (including phenoxy) is 1. The van der Waals surface area contributed by atoms with Crippen molar-refractivity contribution < 1.29 is 4.74 Å². The molecular formula is C13H12BrNO. The van der Waals surface area contributed by atoms with Gasteiger partial charge in [0, 0.05) is 10.9 Å². The van der Waals surface area contributed by atoms with Gasteiger partial charge in [0.2, 0.25) is 0 Å². The van der Waals surface area contributed by atoms with Crippen LogP contribution in [0.25, 0.3) is 11.3 Å². The molecule has 1 aromatic carbocycles. The van der Waals surface area contributed by atoms with Crippen LogP contribution in [0, 0.1) is 0 Å². The van der Waals surface area contributed by atoms with Crippen LogP contribution < -0.4 is 4.74 Å². The van der Waals surface area contributed by atoms with Gasteiger partial charge in [-0.3, -0.25) is 0 Å². The Morgan fingerprint density at radius 3 is 2.50 bits per heavy atom. The Morgan fingerprint density at radius 2 is 1.88 bits per heavy atom. The number of alkyl halides is 1. The zero-order valence-corrected chi connectivity index (χ0v) is 10.6. The zero-order valence-electron chi connectivity index (χ0n) is 8.98. The van der Waals surface area contributed by atoms with Gasteiger partial charge in [0.15, 0.2) is 0 Å². The van der Waals surface area contributed by atoms with E-state index in [1.807, 2.05) is 42.5 Å². The molecule has 0 radical (unpaired) electrons. The van der Waals surface area contributed by atoms with Crippen molar-refractivity contribution >= 4 is 15.9 Å². The molecule has 2 rings (SSSR count).